The number of pyridine rings is 2. The number of benzene rings is 2. The van der Waals surface area contributed by atoms with Gasteiger partial charge in [-0.1, -0.05) is 6.07 Å². The summed E-state index contributed by atoms with van der Waals surface area (Å²) >= 11 is 0. The highest BCUT2D eigenvalue weighted by molar-refractivity contribution is 5.93. The van der Waals surface area contributed by atoms with E-state index >= 15 is 0 Å². The Labute approximate surface area is 209 Å². The zero-order valence-electron chi connectivity index (χ0n) is 20.3. The van der Waals surface area contributed by atoms with Gasteiger partial charge in [0.15, 0.2) is 0 Å². The van der Waals surface area contributed by atoms with Gasteiger partial charge in [-0.25, -0.2) is 8.78 Å². The van der Waals surface area contributed by atoms with Crippen LogP contribution in [-0.4, -0.2) is 67.3 Å². The van der Waals surface area contributed by atoms with E-state index < -0.39 is 11.6 Å². The van der Waals surface area contributed by atoms with E-state index in [2.05, 4.69) is 36.8 Å². The van der Waals surface area contributed by atoms with Crippen molar-refractivity contribution in [3.8, 4) is 5.75 Å². The van der Waals surface area contributed by atoms with Crippen LogP contribution in [-0.2, 0) is 0 Å². The SMILES string of the molecule is COc1cc(N2CCN(C3CCN(c4ccc(F)c5c(F)ccnc45)CC3)CC2)c2ncccc2c1. The van der Waals surface area contributed by atoms with Crippen LogP contribution >= 0.6 is 0 Å². The fourth-order valence-electron chi connectivity index (χ4n) is 5.73. The summed E-state index contributed by atoms with van der Waals surface area (Å²) in [6.45, 7) is 5.53. The van der Waals surface area contributed by atoms with Crippen LogP contribution < -0.4 is 14.5 Å². The van der Waals surface area contributed by atoms with Crippen LogP contribution in [0.25, 0.3) is 21.8 Å². The minimum absolute atomic E-state index is 0.0206. The number of anilines is 2. The first-order valence-corrected chi connectivity index (χ1v) is 12.5. The Morgan fingerprint density at radius 1 is 0.778 bits per heavy atom. The normalized spacial score (nSPS) is 17.8. The first-order valence-electron chi connectivity index (χ1n) is 12.5. The first kappa shape index (κ1) is 22.9. The van der Waals surface area contributed by atoms with Gasteiger partial charge in [0.1, 0.15) is 17.4 Å². The lowest BCUT2D eigenvalue weighted by Crippen LogP contribution is -2.53. The molecule has 0 atom stereocenters. The summed E-state index contributed by atoms with van der Waals surface area (Å²) in [6.07, 6.45) is 5.28. The average Bonchev–Trinajstić information content (AvgIpc) is 2.93. The summed E-state index contributed by atoms with van der Waals surface area (Å²) in [4.78, 5) is 16.2. The maximum atomic E-state index is 14.3. The third kappa shape index (κ3) is 4.09. The Morgan fingerprint density at radius 2 is 1.50 bits per heavy atom. The van der Waals surface area contributed by atoms with E-state index in [0.29, 0.717) is 11.6 Å². The minimum Gasteiger partial charge on any atom is -0.497 e. The smallest absolute Gasteiger partial charge is 0.137 e. The highest BCUT2D eigenvalue weighted by atomic mass is 19.1. The van der Waals surface area contributed by atoms with Crippen LogP contribution in [0.2, 0.25) is 0 Å². The van der Waals surface area contributed by atoms with Gasteiger partial charge in [-0.3, -0.25) is 14.9 Å². The summed E-state index contributed by atoms with van der Waals surface area (Å²) in [5.41, 5.74) is 3.35. The highest BCUT2D eigenvalue weighted by Crippen LogP contribution is 2.33. The number of ether oxygens (including phenoxy) is 1. The van der Waals surface area contributed by atoms with Crippen molar-refractivity contribution in [1.82, 2.24) is 14.9 Å². The number of halogens is 2. The summed E-state index contributed by atoms with van der Waals surface area (Å²) in [5, 5.41) is 1.07. The predicted octanol–water partition coefficient (Wildman–Crippen LogP) is 4.86. The Bertz CT molecular complexity index is 1390. The summed E-state index contributed by atoms with van der Waals surface area (Å²) in [5.74, 6) is -0.278. The quantitative estimate of drug-likeness (QED) is 0.408. The van der Waals surface area contributed by atoms with Crippen LogP contribution in [0.4, 0.5) is 20.2 Å². The van der Waals surface area contributed by atoms with Gasteiger partial charge >= 0.3 is 0 Å². The van der Waals surface area contributed by atoms with Gasteiger partial charge in [0.25, 0.3) is 0 Å². The third-order valence-electron chi connectivity index (χ3n) is 7.64. The van der Waals surface area contributed by atoms with Gasteiger partial charge in [-0.15, -0.1) is 0 Å². The second kappa shape index (κ2) is 9.50. The monoisotopic (exact) mass is 489 g/mol. The van der Waals surface area contributed by atoms with E-state index in [1.807, 2.05) is 18.3 Å². The van der Waals surface area contributed by atoms with Crippen molar-refractivity contribution in [2.45, 2.75) is 18.9 Å². The van der Waals surface area contributed by atoms with Gasteiger partial charge in [0, 0.05) is 69.2 Å². The molecule has 186 valence electrons. The highest BCUT2D eigenvalue weighted by Gasteiger charge is 2.29. The van der Waals surface area contributed by atoms with Crippen LogP contribution in [0.15, 0.2) is 54.9 Å². The zero-order valence-corrected chi connectivity index (χ0v) is 20.3. The summed E-state index contributed by atoms with van der Waals surface area (Å²) in [6, 6.07) is 13.0. The first-order chi connectivity index (χ1) is 17.6. The number of piperidine rings is 1. The number of aromatic nitrogens is 2. The van der Waals surface area contributed by atoms with E-state index in [9.17, 15) is 8.78 Å². The number of rotatable bonds is 4. The second-order valence-corrected chi connectivity index (χ2v) is 9.55. The molecule has 2 aromatic carbocycles. The molecule has 2 saturated heterocycles. The molecular formula is C28H29F2N5O. The molecule has 0 N–H and O–H groups in total. The lowest BCUT2D eigenvalue weighted by molar-refractivity contribution is 0.160. The van der Waals surface area contributed by atoms with Gasteiger partial charge < -0.3 is 14.5 Å². The molecule has 36 heavy (non-hydrogen) atoms. The summed E-state index contributed by atoms with van der Waals surface area (Å²) in [7, 11) is 1.70. The Kier molecular flexibility index (Phi) is 6.05. The number of nitrogens with zero attached hydrogens (tertiary/aromatic N) is 5. The molecule has 4 aromatic rings. The molecule has 0 amide bonds. The van der Waals surface area contributed by atoms with Crippen LogP contribution in [0.1, 0.15) is 12.8 Å². The number of piperazine rings is 1. The Morgan fingerprint density at radius 3 is 2.28 bits per heavy atom. The van der Waals surface area contributed by atoms with Gasteiger partial charge in [-0.05, 0) is 43.2 Å². The van der Waals surface area contributed by atoms with Crippen molar-refractivity contribution in [2.24, 2.45) is 0 Å². The Balaban J connectivity index is 1.13. The molecule has 2 aromatic heterocycles. The Hall–Kier alpha value is -3.52. The molecular weight excluding hydrogens is 460 g/mol. The van der Waals surface area contributed by atoms with Crippen molar-refractivity contribution in [1.29, 1.82) is 0 Å². The fraction of sp³-hybridized carbons (Fsp3) is 0.357. The minimum atomic E-state index is -0.564. The lowest BCUT2D eigenvalue weighted by Gasteiger charge is -2.44. The van der Waals surface area contributed by atoms with Crippen molar-refractivity contribution < 1.29 is 13.5 Å². The number of hydrogen-bond donors (Lipinski definition) is 0. The van der Waals surface area contributed by atoms with Crippen molar-refractivity contribution in [3.05, 3.63) is 66.5 Å². The molecule has 0 aliphatic carbocycles. The number of hydrogen-bond acceptors (Lipinski definition) is 6. The maximum absolute atomic E-state index is 14.3. The molecule has 0 unspecified atom stereocenters. The van der Waals surface area contributed by atoms with Crippen molar-refractivity contribution in [2.75, 3.05) is 56.2 Å². The van der Waals surface area contributed by atoms with Gasteiger partial charge in [-0.2, -0.15) is 0 Å². The average molecular weight is 490 g/mol. The van der Waals surface area contributed by atoms with Gasteiger partial charge in [0.05, 0.1) is 34.9 Å². The largest absolute Gasteiger partial charge is 0.497 e. The molecule has 4 heterocycles. The zero-order chi connectivity index (χ0) is 24.6. The molecule has 2 fully saturated rings. The molecule has 0 bridgehead atoms. The van der Waals surface area contributed by atoms with E-state index in [1.165, 1.54) is 18.3 Å². The number of methoxy groups -OCH3 is 1. The van der Waals surface area contributed by atoms with E-state index in [4.69, 9.17) is 4.74 Å². The third-order valence-corrected chi connectivity index (χ3v) is 7.64. The number of fused-ring (bicyclic) bond motifs is 2. The molecule has 0 radical (unpaired) electrons. The summed E-state index contributed by atoms with van der Waals surface area (Å²) < 4.78 is 34.1. The molecule has 6 rings (SSSR count). The lowest BCUT2D eigenvalue weighted by atomic mass is 10.0. The fourth-order valence-corrected chi connectivity index (χ4v) is 5.73. The molecule has 8 heteroatoms. The topological polar surface area (TPSA) is 44.7 Å². The van der Waals surface area contributed by atoms with Crippen LogP contribution in [0.3, 0.4) is 0 Å². The van der Waals surface area contributed by atoms with Gasteiger partial charge in [0.2, 0.25) is 0 Å². The van der Waals surface area contributed by atoms with Crippen molar-refractivity contribution >= 4 is 33.2 Å². The van der Waals surface area contributed by atoms with E-state index in [-0.39, 0.29) is 5.39 Å². The molecule has 2 aliphatic heterocycles. The van der Waals surface area contributed by atoms with Crippen LogP contribution in [0, 0.1) is 11.6 Å². The van der Waals surface area contributed by atoms with E-state index in [1.54, 1.807) is 13.2 Å². The maximum Gasteiger partial charge on any atom is 0.137 e. The molecule has 0 saturated carbocycles. The standard InChI is InChI=1S/C28H29F2N5O/c1-36-21-17-19-3-2-9-31-27(19)25(18-21)35-15-13-33(14-16-35)20-7-11-34(12-8-20)24-5-4-22(29)26-23(30)6-10-32-28(24)26/h2-6,9-10,17-18,20H,7-8,11-16H2,1H3. The van der Waals surface area contributed by atoms with Crippen LogP contribution in [0.5, 0.6) is 5.75 Å². The molecule has 6 nitrogen and oxygen atoms in total. The van der Waals surface area contributed by atoms with Crippen molar-refractivity contribution in [3.63, 3.8) is 0 Å². The molecule has 2 aliphatic rings. The molecule has 0 spiro atoms. The predicted molar refractivity (Wildman–Crippen MR) is 139 cm³/mol. The van der Waals surface area contributed by atoms with E-state index in [0.717, 1.165) is 80.1 Å². The second-order valence-electron chi connectivity index (χ2n) is 9.55.